The fourth-order valence-electron chi connectivity index (χ4n) is 5.23. The van der Waals surface area contributed by atoms with Gasteiger partial charge in [-0.2, -0.15) is 0 Å². The first kappa shape index (κ1) is 17.8. The Labute approximate surface area is 164 Å². The number of rotatable bonds is 3. The van der Waals surface area contributed by atoms with E-state index in [1.165, 1.54) is 24.8 Å². The van der Waals surface area contributed by atoms with Crippen LogP contribution < -0.4 is 10.6 Å². The lowest BCUT2D eigenvalue weighted by Gasteiger charge is -2.49. The van der Waals surface area contributed by atoms with Crippen LogP contribution in [0.1, 0.15) is 53.6 Å². The molecule has 5 rings (SSSR count). The molecule has 148 valence electrons. The Bertz CT molecular complexity index is 848. The minimum Gasteiger partial charge on any atom is -0.322 e. The molecule has 1 saturated carbocycles. The second-order valence-corrected chi connectivity index (χ2v) is 8.77. The van der Waals surface area contributed by atoms with E-state index in [9.17, 15) is 14.4 Å². The Morgan fingerprint density at radius 2 is 2.04 bits per heavy atom. The van der Waals surface area contributed by atoms with E-state index >= 15 is 0 Å². The molecule has 3 amide bonds. The highest BCUT2D eigenvalue weighted by Gasteiger charge is 2.42. The van der Waals surface area contributed by atoms with Gasteiger partial charge >= 0.3 is 0 Å². The molecule has 1 unspecified atom stereocenters. The predicted molar refractivity (Wildman–Crippen MR) is 102 cm³/mol. The van der Waals surface area contributed by atoms with E-state index in [4.69, 9.17) is 0 Å². The van der Waals surface area contributed by atoms with Gasteiger partial charge in [-0.3, -0.25) is 24.6 Å². The minimum absolute atomic E-state index is 0.0985. The van der Waals surface area contributed by atoms with Gasteiger partial charge in [-0.25, -0.2) is 0 Å². The fourth-order valence-corrected chi connectivity index (χ4v) is 5.23. The first-order valence-electron chi connectivity index (χ1n) is 10.2. The summed E-state index contributed by atoms with van der Waals surface area (Å²) >= 11 is 0. The maximum absolute atomic E-state index is 13.0. The lowest BCUT2D eigenvalue weighted by molar-refractivity contribution is -0.136. The molecule has 7 nitrogen and oxygen atoms in total. The Balaban J connectivity index is 1.35. The number of nitrogens with zero attached hydrogens (tertiary/aromatic N) is 2. The van der Waals surface area contributed by atoms with Gasteiger partial charge < -0.3 is 10.2 Å². The number of benzene rings is 1. The van der Waals surface area contributed by atoms with E-state index < -0.39 is 6.04 Å². The number of amides is 3. The van der Waals surface area contributed by atoms with Gasteiger partial charge in [0.2, 0.25) is 11.8 Å². The largest absolute Gasteiger partial charge is 0.322 e. The van der Waals surface area contributed by atoms with Gasteiger partial charge in [0.25, 0.3) is 5.91 Å². The molecule has 0 radical (unpaired) electrons. The third kappa shape index (κ3) is 2.93. The normalized spacial score (nSPS) is 26.9. The summed E-state index contributed by atoms with van der Waals surface area (Å²) in [7, 11) is 0. The number of carbonyl (C=O) groups is 3. The topological polar surface area (TPSA) is 81.8 Å². The highest BCUT2D eigenvalue weighted by molar-refractivity contribution is 6.05. The van der Waals surface area contributed by atoms with Crippen LogP contribution in [0, 0.1) is 5.41 Å². The van der Waals surface area contributed by atoms with E-state index in [1.807, 2.05) is 12.1 Å². The highest BCUT2D eigenvalue weighted by atomic mass is 16.2. The number of imide groups is 1. The van der Waals surface area contributed by atoms with Crippen molar-refractivity contribution in [2.45, 2.75) is 51.2 Å². The van der Waals surface area contributed by atoms with Gasteiger partial charge in [-0.1, -0.05) is 18.6 Å². The number of hydrogen-bond acceptors (Lipinski definition) is 5. The molecule has 1 aromatic rings. The molecular weight excluding hydrogens is 356 g/mol. The number of nitrogens with one attached hydrogen (secondary N) is 2. The Morgan fingerprint density at radius 3 is 2.79 bits per heavy atom. The zero-order chi connectivity index (χ0) is 19.3. The minimum atomic E-state index is -0.555. The number of carbonyl (C=O) groups excluding carboxylic acids is 3. The van der Waals surface area contributed by atoms with Crippen molar-refractivity contribution in [2.24, 2.45) is 5.41 Å². The summed E-state index contributed by atoms with van der Waals surface area (Å²) in [6, 6.07) is 5.34. The molecule has 3 fully saturated rings. The lowest BCUT2D eigenvalue weighted by Crippen LogP contribution is -2.56. The summed E-state index contributed by atoms with van der Waals surface area (Å²) in [6.45, 7) is 4.35. The number of hydrogen-bond donors (Lipinski definition) is 2. The predicted octanol–water partition coefficient (Wildman–Crippen LogP) is 0.981. The van der Waals surface area contributed by atoms with Crippen molar-refractivity contribution < 1.29 is 14.4 Å². The summed E-state index contributed by atoms with van der Waals surface area (Å²) < 4.78 is 0. The fraction of sp³-hybridized carbons (Fsp3) is 0.571. The molecule has 1 spiro atoms. The van der Waals surface area contributed by atoms with Crippen molar-refractivity contribution in [2.75, 3.05) is 19.8 Å². The second kappa shape index (κ2) is 6.67. The third-order valence-corrected chi connectivity index (χ3v) is 6.88. The number of fused-ring (bicyclic) bond motifs is 1. The van der Waals surface area contributed by atoms with Crippen LogP contribution in [0.4, 0.5) is 0 Å². The molecule has 0 aromatic heterocycles. The van der Waals surface area contributed by atoms with Gasteiger partial charge in [0.15, 0.2) is 0 Å². The van der Waals surface area contributed by atoms with Crippen LogP contribution in [-0.2, 0) is 22.7 Å². The summed E-state index contributed by atoms with van der Waals surface area (Å²) in [6.07, 6.45) is 4.60. The highest BCUT2D eigenvalue weighted by Crippen LogP contribution is 2.42. The van der Waals surface area contributed by atoms with E-state index in [0.29, 0.717) is 23.9 Å². The van der Waals surface area contributed by atoms with Gasteiger partial charge in [-0.15, -0.1) is 0 Å². The molecule has 3 aliphatic heterocycles. The molecule has 1 aliphatic carbocycles. The van der Waals surface area contributed by atoms with Crippen LogP contribution >= 0.6 is 0 Å². The number of piperidine rings is 1. The van der Waals surface area contributed by atoms with Crippen molar-refractivity contribution in [3.8, 4) is 0 Å². The monoisotopic (exact) mass is 382 g/mol. The van der Waals surface area contributed by atoms with Gasteiger partial charge in [0.1, 0.15) is 6.04 Å². The molecule has 2 N–H and O–H groups in total. The van der Waals surface area contributed by atoms with Gasteiger partial charge in [0.05, 0.1) is 0 Å². The summed E-state index contributed by atoms with van der Waals surface area (Å²) in [5, 5.41) is 5.93. The molecule has 2 saturated heterocycles. The molecule has 7 heteroatoms. The van der Waals surface area contributed by atoms with Crippen LogP contribution in [-0.4, -0.2) is 53.3 Å². The molecule has 4 aliphatic rings. The summed E-state index contributed by atoms with van der Waals surface area (Å²) in [5.41, 5.74) is 3.33. The standard InChI is InChI=1S/C21H26N4O3/c26-18-6-5-17(19(27)23-18)25-10-16-14(3-1-4-15(16)20(25)28)9-24-12-21(7-2-8-21)11-22-13-24/h1,3-4,17,22H,2,5-13H2,(H,23,26,27). The quantitative estimate of drug-likeness (QED) is 0.762. The van der Waals surface area contributed by atoms with Crippen molar-refractivity contribution in [3.63, 3.8) is 0 Å². The lowest BCUT2D eigenvalue weighted by atomic mass is 9.67. The Morgan fingerprint density at radius 1 is 1.18 bits per heavy atom. The van der Waals surface area contributed by atoms with Crippen molar-refractivity contribution in [1.82, 2.24) is 20.4 Å². The van der Waals surface area contributed by atoms with Crippen LogP contribution in [0.3, 0.4) is 0 Å². The van der Waals surface area contributed by atoms with Crippen LogP contribution in [0.15, 0.2) is 18.2 Å². The molecule has 1 aromatic carbocycles. The van der Waals surface area contributed by atoms with E-state index in [2.05, 4.69) is 21.6 Å². The molecule has 3 heterocycles. The summed E-state index contributed by atoms with van der Waals surface area (Å²) in [4.78, 5) is 40.7. The van der Waals surface area contributed by atoms with Crippen molar-refractivity contribution in [1.29, 1.82) is 0 Å². The first-order valence-corrected chi connectivity index (χ1v) is 10.2. The maximum Gasteiger partial charge on any atom is 0.255 e. The molecule has 28 heavy (non-hydrogen) atoms. The van der Waals surface area contributed by atoms with E-state index in [1.54, 1.807) is 4.90 Å². The summed E-state index contributed by atoms with van der Waals surface area (Å²) in [5.74, 6) is -0.710. The SMILES string of the molecule is O=C1CCC(N2Cc3c(CN4CNCC5(CCC5)C4)cccc3C2=O)C(=O)N1. The van der Waals surface area contributed by atoms with Gasteiger partial charge in [0, 0.05) is 44.8 Å². The zero-order valence-corrected chi connectivity index (χ0v) is 16.0. The molecule has 1 atom stereocenters. The smallest absolute Gasteiger partial charge is 0.255 e. The van der Waals surface area contributed by atoms with Crippen LogP contribution in [0.25, 0.3) is 0 Å². The first-order chi connectivity index (χ1) is 13.5. The average Bonchev–Trinajstić information content (AvgIpc) is 2.99. The van der Waals surface area contributed by atoms with Crippen LogP contribution in [0.2, 0.25) is 0 Å². The Kier molecular flexibility index (Phi) is 4.25. The van der Waals surface area contributed by atoms with Gasteiger partial charge in [-0.05, 0) is 41.9 Å². The molecular formula is C21H26N4O3. The third-order valence-electron chi connectivity index (χ3n) is 6.88. The van der Waals surface area contributed by atoms with Crippen molar-refractivity contribution in [3.05, 3.63) is 34.9 Å². The van der Waals surface area contributed by atoms with Crippen LogP contribution in [0.5, 0.6) is 0 Å². The van der Waals surface area contributed by atoms with Crippen molar-refractivity contribution >= 4 is 17.7 Å². The zero-order valence-electron chi connectivity index (χ0n) is 16.0. The molecule has 0 bridgehead atoms. The average molecular weight is 382 g/mol. The van der Waals surface area contributed by atoms with E-state index in [0.717, 1.165) is 31.9 Å². The maximum atomic E-state index is 13.0. The second-order valence-electron chi connectivity index (χ2n) is 8.77. The Hall–Kier alpha value is -2.25. The van der Waals surface area contributed by atoms with E-state index in [-0.39, 0.29) is 24.1 Å².